The second-order valence-electron chi connectivity index (χ2n) is 5.73. The minimum absolute atomic E-state index is 0.195. The van der Waals surface area contributed by atoms with E-state index in [0.717, 1.165) is 16.6 Å². The van der Waals surface area contributed by atoms with Crippen LogP contribution in [0.25, 0.3) is 16.7 Å². The molecule has 0 N–H and O–H groups in total. The number of aromatic nitrogens is 4. The average molecular weight is 369 g/mol. The maximum Gasteiger partial charge on any atom is 0.336 e. The Morgan fingerprint density at radius 3 is 2.92 bits per heavy atom. The molecule has 2 aromatic heterocycles. The van der Waals surface area contributed by atoms with Crippen LogP contribution in [0.1, 0.15) is 11.1 Å². The molecule has 4 aromatic rings. The van der Waals surface area contributed by atoms with Gasteiger partial charge in [0.05, 0.1) is 5.69 Å². The minimum Gasteiger partial charge on any atom is -0.489 e. The highest BCUT2D eigenvalue weighted by Gasteiger charge is 2.10. The van der Waals surface area contributed by atoms with E-state index in [9.17, 15) is 4.79 Å². The smallest absolute Gasteiger partial charge is 0.336 e. The van der Waals surface area contributed by atoms with Crippen LogP contribution >= 0.6 is 11.6 Å². The Morgan fingerprint density at radius 1 is 1.23 bits per heavy atom. The number of fused-ring (bicyclic) bond motifs is 1. The van der Waals surface area contributed by atoms with Crippen molar-refractivity contribution in [3.8, 4) is 11.4 Å². The topological polar surface area (TPSA) is 83.0 Å². The summed E-state index contributed by atoms with van der Waals surface area (Å²) in [4.78, 5) is 11.8. The molecule has 7 nitrogen and oxygen atoms in total. The predicted molar refractivity (Wildman–Crippen MR) is 95.7 cm³/mol. The van der Waals surface area contributed by atoms with Crippen molar-refractivity contribution in [2.24, 2.45) is 0 Å². The predicted octanol–water partition coefficient (Wildman–Crippen LogP) is 3.31. The van der Waals surface area contributed by atoms with Crippen molar-refractivity contribution in [2.45, 2.75) is 13.5 Å². The first-order chi connectivity index (χ1) is 12.6. The van der Waals surface area contributed by atoms with Gasteiger partial charge in [-0.2, -0.15) is 0 Å². The van der Waals surface area contributed by atoms with Crippen LogP contribution in [0.15, 0.2) is 58.0 Å². The number of hydrogen-bond acceptors (Lipinski definition) is 6. The molecule has 8 heteroatoms. The fourth-order valence-electron chi connectivity index (χ4n) is 2.62. The molecule has 0 aliphatic carbocycles. The van der Waals surface area contributed by atoms with E-state index < -0.39 is 5.63 Å². The third kappa shape index (κ3) is 3.16. The molecule has 0 unspecified atom stereocenters. The van der Waals surface area contributed by atoms with Crippen molar-refractivity contribution >= 4 is 22.6 Å². The van der Waals surface area contributed by atoms with Crippen molar-refractivity contribution in [1.82, 2.24) is 20.2 Å². The zero-order valence-electron chi connectivity index (χ0n) is 13.7. The number of nitrogens with zero attached hydrogens (tertiary/aromatic N) is 4. The summed E-state index contributed by atoms with van der Waals surface area (Å²) in [6.45, 7) is 2.05. The zero-order chi connectivity index (χ0) is 18.1. The van der Waals surface area contributed by atoms with Gasteiger partial charge in [0.15, 0.2) is 0 Å². The molecule has 2 heterocycles. The van der Waals surface area contributed by atoms with E-state index in [-0.39, 0.29) is 6.61 Å². The quantitative estimate of drug-likeness (QED) is 0.514. The molecule has 0 radical (unpaired) electrons. The Balaban J connectivity index is 1.65. The number of rotatable bonds is 4. The first-order valence-electron chi connectivity index (χ1n) is 7.79. The SMILES string of the molecule is Cc1cc2oc(=O)cc(COc3cccc(-n4cnnn4)c3)c2cc1Cl. The van der Waals surface area contributed by atoms with Crippen LogP contribution in [0.4, 0.5) is 0 Å². The molecule has 0 saturated carbocycles. The van der Waals surface area contributed by atoms with Crippen molar-refractivity contribution in [3.63, 3.8) is 0 Å². The third-order valence-electron chi connectivity index (χ3n) is 3.93. The second kappa shape index (κ2) is 6.61. The number of tetrazole rings is 1. The van der Waals surface area contributed by atoms with E-state index in [1.165, 1.54) is 17.1 Å². The molecule has 26 heavy (non-hydrogen) atoms. The highest BCUT2D eigenvalue weighted by Crippen LogP contribution is 2.26. The van der Waals surface area contributed by atoms with E-state index in [2.05, 4.69) is 15.5 Å². The lowest BCUT2D eigenvalue weighted by molar-refractivity contribution is 0.306. The fraction of sp³-hybridized carbons (Fsp3) is 0.111. The van der Waals surface area contributed by atoms with Gasteiger partial charge in [-0.1, -0.05) is 17.7 Å². The van der Waals surface area contributed by atoms with Gasteiger partial charge in [-0.05, 0) is 47.2 Å². The summed E-state index contributed by atoms with van der Waals surface area (Å²) in [6.07, 6.45) is 1.50. The molecular weight excluding hydrogens is 356 g/mol. The maximum atomic E-state index is 11.8. The van der Waals surface area contributed by atoms with Gasteiger partial charge in [0.2, 0.25) is 0 Å². The maximum absolute atomic E-state index is 11.8. The van der Waals surface area contributed by atoms with E-state index in [4.69, 9.17) is 20.8 Å². The molecular formula is C18H13ClN4O3. The van der Waals surface area contributed by atoms with Crippen LogP contribution in [-0.4, -0.2) is 20.2 Å². The first-order valence-corrected chi connectivity index (χ1v) is 8.17. The molecule has 130 valence electrons. The summed E-state index contributed by atoms with van der Waals surface area (Å²) in [5.74, 6) is 0.623. The Labute approximate surface area is 152 Å². The van der Waals surface area contributed by atoms with Gasteiger partial charge in [0, 0.05) is 28.1 Å². The summed E-state index contributed by atoms with van der Waals surface area (Å²) in [5.41, 5.74) is 2.37. The molecule has 0 amide bonds. The van der Waals surface area contributed by atoms with Crippen molar-refractivity contribution in [2.75, 3.05) is 0 Å². The highest BCUT2D eigenvalue weighted by atomic mass is 35.5. The van der Waals surface area contributed by atoms with Gasteiger partial charge < -0.3 is 9.15 Å². The molecule has 0 spiro atoms. The Morgan fingerprint density at radius 2 is 2.12 bits per heavy atom. The molecule has 0 aliphatic heterocycles. The van der Waals surface area contributed by atoms with Crippen LogP contribution in [0.5, 0.6) is 5.75 Å². The molecule has 0 fully saturated rings. The van der Waals surface area contributed by atoms with Gasteiger partial charge in [0.1, 0.15) is 24.3 Å². The van der Waals surface area contributed by atoms with Crippen molar-refractivity contribution in [3.05, 3.63) is 75.4 Å². The number of benzene rings is 2. The normalized spacial score (nSPS) is 11.0. The van der Waals surface area contributed by atoms with Crippen LogP contribution in [-0.2, 0) is 6.61 Å². The Hall–Kier alpha value is -3.19. The highest BCUT2D eigenvalue weighted by molar-refractivity contribution is 6.32. The number of aryl methyl sites for hydroxylation is 1. The lowest BCUT2D eigenvalue weighted by Crippen LogP contribution is -2.04. The van der Waals surface area contributed by atoms with E-state index in [1.807, 2.05) is 25.1 Å². The summed E-state index contributed by atoms with van der Waals surface area (Å²) in [6, 6.07) is 12.3. The summed E-state index contributed by atoms with van der Waals surface area (Å²) in [5, 5.41) is 12.4. The molecule has 0 saturated heterocycles. The van der Waals surface area contributed by atoms with Crippen LogP contribution in [0.2, 0.25) is 5.02 Å². The largest absolute Gasteiger partial charge is 0.489 e. The van der Waals surface area contributed by atoms with Gasteiger partial charge in [0.25, 0.3) is 0 Å². The number of hydrogen-bond donors (Lipinski definition) is 0. The van der Waals surface area contributed by atoms with Gasteiger partial charge in [-0.3, -0.25) is 0 Å². The molecule has 0 bridgehead atoms. The zero-order valence-corrected chi connectivity index (χ0v) is 14.5. The van der Waals surface area contributed by atoms with E-state index >= 15 is 0 Å². The van der Waals surface area contributed by atoms with E-state index in [1.54, 1.807) is 18.2 Å². The van der Waals surface area contributed by atoms with E-state index in [0.29, 0.717) is 21.9 Å². The number of halogens is 1. The summed E-state index contributed by atoms with van der Waals surface area (Å²) in [7, 11) is 0. The van der Waals surface area contributed by atoms with Crippen LogP contribution in [0, 0.1) is 6.92 Å². The molecule has 4 rings (SSSR count). The van der Waals surface area contributed by atoms with Crippen LogP contribution < -0.4 is 10.4 Å². The van der Waals surface area contributed by atoms with Gasteiger partial charge in [-0.25, -0.2) is 9.48 Å². The molecule has 0 atom stereocenters. The standard InChI is InChI=1S/C18H13ClN4O3/c1-11-5-17-15(8-16(11)19)12(6-18(24)26-17)9-25-14-4-2-3-13(7-14)23-10-20-21-22-23/h2-8,10H,9H2,1H3. The summed E-state index contributed by atoms with van der Waals surface area (Å²) >= 11 is 6.21. The Bertz CT molecular complexity index is 1140. The van der Waals surface area contributed by atoms with Crippen LogP contribution in [0.3, 0.4) is 0 Å². The first kappa shape index (κ1) is 16.3. The fourth-order valence-corrected chi connectivity index (χ4v) is 2.79. The molecule has 0 aliphatic rings. The lowest BCUT2D eigenvalue weighted by Gasteiger charge is -2.10. The number of ether oxygens (including phenoxy) is 1. The van der Waals surface area contributed by atoms with Gasteiger partial charge >= 0.3 is 5.63 Å². The lowest BCUT2D eigenvalue weighted by atomic mass is 10.1. The third-order valence-corrected chi connectivity index (χ3v) is 4.34. The summed E-state index contributed by atoms with van der Waals surface area (Å²) < 4.78 is 12.7. The van der Waals surface area contributed by atoms with Crippen molar-refractivity contribution < 1.29 is 9.15 Å². The minimum atomic E-state index is -0.430. The average Bonchev–Trinajstić information content (AvgIpc) is 3.16. The Kier molecular flexibility index (Phi) is 4.14. The van der Waals surface area contributed by atoms with Gasteiger partial charge in [-0.15, -0.1) is 5.10 Å². The second-order valence-corrected chi connectivity index (χ2v) is 6.14. The monoisotopic (exact) mass is 368 g/mol. The van der Waals surface area contributed by atoms with Crippen molar-refractivity contribution in [1.29, 1.82) is 0 Å². The molecule has 2 aromatic carbocycles.